The normalized spacial score (nSPS) is 20.3. The van der Waals surface area contributed by atoms with Crippen molar-refractivity contribution in [3.8, 4) is 0 Å². The largest absolute Gasteiger partial charge is 0.314 e. The molecular weight excluding hydrogens is 119 g/mol. The van der Waals surface area contributed by atoms with Crippen LogP contribution in [0.25, 0.3) is 0 Å². The van der Waals surface area contributed by atoms with E-state index in [2.05, 4.69) is 5.32 Å². The van der Waals surface area contributed by atoms with Gasteiger partial charge in [-0.3, -0.25) is 0 Å². The molecule has 2 nitrogen and oxygen atoms in total. The van der Waals surface area contributed by atoms with Crippen molar-refractivity contribution >= 4 is 0 Å². The number of hydrogen-bond acceptors (Lipinski definition) is 2. The first-order valence-corrected chi connectivity index (χ1v) is 3.51. The summed E-state index contributed by atoms with van der Waals surface area (Å²) in [4.78, 5) is 0. The SMILES string of the molecule is CC.FN1CCNCC1. The smallest absolute Gasteiger partial charge is 0.0416 e. The molecule has 0 aromatic rings. The zero-order valence-electron chi connectivity index (χ0n) is 6.15. The first-order valence-electron chi connectivity index (χ1n) is 3.51. The molecule has 1 saturated heterocycles. The molecule has 1 aliphatic heterocycles. The van der Waals surface area contributed by atoms with Gasteiger partial charge in [0.15, 0.2) is 0 Å². The zero-order valence-corrected chi connectivity index (χ0v) is 6.15. The molecule has 0 aliphatic carbocycles. The van der Waals surface area contributed by atoms with Crippen molar-refractivity contribution in [1.82, 2.24) is 10.4 Å². The molecule has 0 bridgehead atoms. The molecule has 1 fully saturated rings. The maximum Gasteiger partial charge on any atom is 0.0416 e. The first-order chi connectivity index (χ1) is 4.39. The van der Waals surface area contributed by atoms with Gasteiger partial charge in [0.2, 0.25) is 0 Å². The predicted octanol–water partition coefficient (Wildman–Crippen LogP) is 0.802. The van der Waals surface area contributed by atoms with E-state index in [4.69, 9.17) is 0 Å². The lowest BCUT2D eigenvalue weighted by Crippen LogP contribution is -2.38. The standard InChI is InChI=1S/C4H9FN2.C2H6/c5-7-3-1-6-2-4-7;1-2/h6H,1-4H2;1-2H3. The first kappa shape index (κ1) is 8.85. The van der Waals surface area contributed by atoms with Gasteiger partial charge in [-0.15, -0.1) is 9.60 Å². The quantitative estimate of drug-likeness (QED) is 0.493. The topological polar surface area (TPSA) is 15.3 Å². The molecule has 3 heteroatoms. The van der Waals surface area contributed by atoms with Crippen LogP contribution in [-0.2, 0) is 0 Å². The lowest BCUT2D eigenvalue weighted by atomic mass is 10.4. The van der Waals surface area contributed by atoms with Crippen LogP contribution in [0.3, 0.4) is 0 Å². The summed E-state index contributed by atoms with van der Waals surface area (Å²) in [6.07, 6.45) is 0. The number of hydrogen-bond donors (Lipinski definition) is 1. The van der Waals surface area contributed by atoms with Crippen molar-refractivity contribution < 1.29 is 4.48 Å². The summed E-state index contributed by atoms with van der Waals surface area (Å²) >= 11 is 0. The Balaban J connectivity index is 0.000000291. The second-order valence-corrected chi connectivity index (χ2v) is 1.66. The molecule has 56 valence electrons. The van der Waals surface area contributed by atoms with Gasteiger partial charge in [0.1, 0.15) is 0 Å². The molecule has 0 amide bonds. The molecule has 0 unspecified atom stereocenters. The van der Waals surface area contributed by atoms with Crippen LogP contribution in [-0.4, -0.2) is 31.3 Å². The van der Waals surface area contributed by atoms with Crippen LogP contribution in [0.5, 0.6) is 0 Å². The van der Waals surface area contributed by atoms with E-state index in [0.717, 1.165) is 18.2 Å². The van der Waals surface area contributed by atoms with E-state index in [-0.39, 0.29) is 0 Å². The molecule has 0 aromatic carbocycles. The van der Waals surface area contributed by atoms with E-state index < -0.39 is 0 Å². The molecule has 1 N–H and O–H groups in total. The molecule has 9 heavy (non-hydrogen) atoms. The van der Waals surface area contributed by atoms with Gasteiger partial charge < -0.3 is 5.32 Å². The highest BCUT2D eigenvalue weighted by Crippen LogP contribution is 1.88. The molecule has 0 radical (unpaired) electrons. The van der Waals surface area contributed by atoms with Crippen LogP contribution in [0.4, 0.5) is 4.48 Å². The number of nitrogens with zero attached hydrogens (tertiary/aromatic N) is 1. The van der Waals surface area contributed by atoms with E-state index in [1.54, 1.807) is 0 Å². The Labute approximate surface area is 56.0 Å². The number of halogens is 1. The van der Waals surface area contributed by atoms with Crippen LogP contribution in [0, 0.1) is 0 Å². The molecular formula is C6H15FN2. The maximum absolute atomic E-state index is 12.0. The third kappa shape index (κ3) is 4.36. The third-order valence-corrected chi connectivity index (χ3v) is 1.06. The summed E-state index contributed by atoms with van der Waals surface area (Å²) < 4.78 is 12.0. The molecule has 1 aliphatic rings. The minimum Gasteiger partial charge on any atom is -0.314 e. The average molecular weight is 134 g/mol. The van der Waals surface area contributed by atoms with Crippen molar-refractivity contribution in [1.29, 1.82) is 0 Å². The van der Waals surface area contributed by atoms with Crippen LogP contribution < -0.4 is 5.32 Å². The van der Waals surface area contributed by atoms with Crippen molar-refractivity contribution in [2.24, 2.45) is 0 Å². The van der Waals surface area contributed by atoms with E-state index in [1.807, 2.05) is 13.8 Å². The molecule has 0 aromatic heterocycles. The van der Waals surface area contributed by atoms with Gasteiger partial charge in [-0.05, 0) is 0 Å². The lowest BCUT2D eigenvalue weighted by molar-refractivity contribution is 0.0135. The molecule has 1 rings (SSSR count). The van der Waals surface area contributed by atoms with E-state index in [9.17, 15) is 4.48 Å². The Morgan fingerprint density at radius 3 is 1.89 bits per heavy atom. The molecule has 1 heterocycles. The van der Waals surface area contributed by atoms with Crippen LogP contribution >= 0.6 is 0 Å². The lowest BCUT2D eigenvalue weighted by Gasteiger charge is -2.17. The summed E-state index contributed by atoms with van der Waals surface area (Å²) in [5, 5.41) is 3.86. The third-order valence-electron chi connectivity index (χ3n) is 1.06. The highest BCUT2D eigenvalue weighted by atomic mass is 19.2. The van der Waals surface area contributed by atoms with Gasteiger partial charge in [0.05, 0.1) is 0 Å². The summed E-state index contributed by atoms with van der Waals surface area (Å²) in [5.74, 6) is 0. The predicted molar refractivity (Wildman–Crippen MR) is 36.9 cm³/mol. The van der Waals surface area contributed by atoms with E-state index in [1.165, 1.54) is 0 Å². The van der Waals surface area contributed by atoms with Gasteiger partial charge in [0.25, 0.3) is 0 Å². The highest BCUT2D eigenvalue weighted by Gasteiger charge is 2.05. The number of piperazine rings is 1. The average Bonchev–Trinajstić information content (AvgIpc) is 1.94. The molecule has 0 saturated carbocycles. The summed E-state index contributed by atoms with van der Waals surface area (Å²) in [5.41, 5.74) is 0. The monoisotopic (exact) mass is 134 g/mol. The van der Waals surface area contributed by atoms with Gasteiger partial charge in [-0.2, -0.15) is 0 Å². The minimum absolute atomic E-state index is 0.542. The molecule has 0 spiro atoms. The highest BCUT2D eigenvalue weighted by molar-refractivity contribution is 4.58. The Hall–Kier alpha value is -0.150. The van der Waals surface area contributed by atoms with E-state index in [0.29, 0.717) is 13.1 Å². The minimum atomic E-state index is 0.542. The van der Waals surface area contributed by atoms with Crippen molar-refractivity contribution in [3.63, 3.8) is 0 Å². The van der Waals surface area contributed by atoms with Crippen molar-refractivity contribution in [3.05, 3.63) is 0 Å². The van der Waals surface area contributed by atoms with Crippen molar-refractivity contribution in [2.45, 2.75) is 13.8 Å². The summed E-state index contributed by atoms with van der Waals surface area (Å²) in [6, 6.07) is 0. The second kappa shape index (κ2) is 5.98. The fourth-order valence-corrected chi connectivity index (χ4v) is 0.638. The maximum atomic E-state index is 12.0. The zero-order chi connectivity index (χ0) is 7.11. The number of rotatable bonds is 0. The Bertz CT molecular complexity index is 53.0. The second-order valence-electron chi connectivity index (χ2n) is 1.66. The fraction of sp³-hybridized carbons (Fsp3) is 1.00. The van der Waals surface area contributed by atoms with Gasteiger partial charge in [-0.25, -0.2) is 0 Å². The Kier molecular flexibility index (Phi) is 5.88. The number of nitrogens with one attached hydrogen (secondary N) is 1. The van der Waals surface area contributed by atoms with Gasteiger partial charge in [0, 0.05) is 26.2 Å². The fourth-order valence-electron chi connectivity index (χ4n) is 0.638. The van der Waals surface area contributed by atoms with E-state index >= 15 is 0 Å². The Morgan fingerprint density at radius 2 is 1.67 bits per heavy atom. The van der Waals surface area contributed by atoms with Crippen LogP contribution in [0.2, 0.25) is 0 Å². The summed E-state index contributed by atoms with van der Waals surface area (Å²) in [6.45, 7) is 6.66. The summed E-state index contributed by atoms with van der Waals surface area (Å²) in [7, 11) is 0. The van der Waals surface area contributed by atoms with Crippen LogP contribution in [0.15, 0.2) is 0 Å². The van der Waals surface area contributed by atoms with Gasteiger partial charge >= 0.3 is 0 Å². The van der Waals surface area contributed by atoms with Crippen LogP contribution in [0.1, 0.15) is 13.8 Å². The Morgan fingerprint density at radius 1 is 1.22 bits per heavy atom. The van der Waals surface area contributed by atoms with Crippen molar-refractivity contribution in [2.75, 3.05) is 26.2 Å². The molecule has 0 atom stereocenters. The van der Waals surface area contributed by atoms with Gasteiger partial charge in [-0.1, -0.05) is 13.8 Å².